The topological polar surface area (TPSA) is 202 Å². The average molecular weight is 967 g/mol. The lowest BCUT2D eigenvalue weighted by molar-refractivity contribution is -0.167. The lowest BCUT2D eigenvalue weighted by atomic mass is 9.89. The van der Waals surface area contributed by atoms with Crippen LogP contribution in [0.4, 0.5) is 23.7 Å². The molecule has 4 N–H and O–H groups in total. The number of ether oxygens (including phenoxy) is 3. The molecule has 2 aromatic rings. The van der Waals surface area contributed by atoms with E-state index >= 15 is 0 Å². The highest BCUT2D eigenvalue weighted by molar-refractivity contribution is 7.82. The number of carbonyl (C=O) groups excluding carboxylic acids is 6. The Labute approximate surface area is 394 Å². The Balaban J connectivity index is 1.77. The van der Waals surface area contributed by atoms with Crippen molar-refractivity contribution in [2.24, 2.45) is 17.8 Å². The van der Waals surface area contributed by atoms with E-state index in [0.29, 0.717) is 36.9 Å². The van der Waals surface area contributed by atoms with Gasteiger partial charge in [0.2, 0.25) is 17.7 Å². The molecule has 1 aliphatic heterocycles. The van der Waals surface area contributed by atoms with Gasteiger partial charge < -0.3 is 40.0 Å². The molecule has 0 spiro atoms. The molecule has 2 aromatic carbocycles. The van der Waals surface area contributed by atoms with Crippen molar-refractivity contribution >= 4 is 52.3 Å². The van der Waals surface area contributed by atoms with Crippen molar-refractivity contribution in [3.63, 3.8) is 0 Å². The molecule has 16 nitrogen and oxygen atoms in total. The molecule has 3 rings (SSSR count). The van der Waals surface area contributed by atoms with Gasteiger partial charge in [0.1, 0.15) is 28.7 Å². The third-order valence-electron chi connectivity index (χ3n) is 11.8. The third-order valence-corrected chi connectivity index (χ3v) is 12.8. The van der Waals surface area contributed by atoms with Gasteiger partial charge in [-0.15, -0.1) is 0 Å². The first-order valence-corrected chi connectivity index (χ1v) is 23.7. The minimum absolute atomic E-state index is 0.0311. The van der Waals surface area contributed by atoms with Crippen LogP contribution in [0.2, 0.25) is 0 Å². The quantitative estimate of drug-likeness (QED) is 0.114. The van der Waals surface area contributed by atoms with Crippen LogP contribution in [0.1, 0.15) is 92.2 Å². The molecule has 0 aliphatic carbocycles. The number of carbonyl (C=O) groups is 6. The molecule has 0 aromatic heterocycles. The van der Waals surface area contributed by atoms with Gasteiger partial charge in [-0.3, -0.25) is 28.7 Å². The van der Waals surface area contributed by atoms with Crippen LogP contribution in [0.3, 0.4) is 0 Å². The number of likely N-dealkylation sites (tertiary alicyclic amines) is 1. The molecule has 374 valence electrons. The summed E-state index contributed by atoms with van der Waals surface area (Å²) in [7, 11) is 2.54. The zero-order valence-corrected chi connectivity index (χ0v) is 41.2. The average Bonchev–Trinajstić information content (AvgIpc) is 3.74. The Morgan fingerprint density at radius 1 is 0.881 bits per heavy atom. The molecule has 0 bridgehead atoms. The maximum absolute atomic E-state index is 14.3. The molecule has 67 heavy (non-hydrogen) atoms. The highest BCUT2D eigenvalue weighted by Gasteiger charge is 2.44. The number of nitrogens with zero attached hydrogens (tertiary/aromatic N) is 2. The highest BCUT2D eigenvalue weighted by Crippen LogP contribution is 2.30. The number of amides is 6. The number of methoxy groups -OCH3 is 2. The fourth-order valence-electron chi connectivity index (χ4n) is 8.09. The van der Waals surface area contributed by atoms with Gasteiger partial charge in [0.25, 0.3) is 5.91 Å². The molecule has 1 aliphatic rings. The van der Waals surface area contributed by atoms with E-state index in [-0.39, 0.29) is 47.9 Å². The lowest BCUT2D eigenvalue weighted by Gasteiger charge is -2.40. The molecular weight excluding hydrogens is 898 g/mol. The maximum Gasteiger partial charge on any atom is 0.471 e. The minimum atomic E-state index is -5.08. The predicted molar refractivity (Wildman–Crippen MR) is 247 cm³/mol. The predicted octanol–water partition coefficient (Wildman–Crippen LogP) is 5.66. The first-order chi connectivity index (χ1) is 31.3. The SMILES string of the molecule is CC[C@@H](C)[C@@H]([C@@H](CC(=O)N1CCC[C@H]1[C@H](OC)[C@@H](C)C(=O)N[C@@H](Cc1ccccc1)C(=O)NS(=O)Cc1ccc(NC(=O)C(F)(F)F)cc1)OC)N(C)C(=O)[C@@H](NC(=O)OC(C)(C)C)C(C)C. The summed E-state index contributed by atoms with van der Waals surface area (Å²) < 4.78 is 70.9. The second-order valence-electron chi connectivity index (χ2n) is 18.3. The lowest BCUT2D eigenvalue weighted by Crippen LogP contribution is -2.58. The van der Waals surface area contributed by atoms with Crippen LogP contribution in [0.15, 0.2) is 54.6 Å². The molecule has 9 atom stereocenters. The number of hydrogen-bond donors (Lipinski definition) is 4. The molecule has 1 fully saturated rings. The van der Waals surface area contributed by atoms with E-state index in [9.17, 15) is 46.1 Å². The second-order valence-corrected chi connectivity index (χ2v) is 19.5. The summed E-state index contributed by atoms with van der Waals surface area (Å²) in [5.41, 5.74) is 0.183. The van der Waals surface area contributed by atoms with Gasteiger partial charge in [-0.25, -0.2) is 9.00 Å². The Morgan fingerprint density at radius 2 is 1.51 bits per heavy atom. The van der Waals surface area contributed by atoms with Crippen molar-refractivity contribution in [3.8, 4) is 0 Å². The molecule has 1 saturated heterocycles. The monoisotopic (exact) mass is 966 g/mol. The summed E-state index contributed by atoms with van der Waals surface area (Å²) >= 11 is 0. The fraction of sp³-hybridized carbons (Fsp3) is 0.617. The smallest absolute Gasteiger partial charge is 0.444 e. The van der Waals surface area contributed by atoms with Gasteiger partial charge in [-0.05, 0) is 68.7 Å². The number of alkyl carbamates (subject to hydrolysis) is 1. The van der Waals surface area contributed by atoms with Gasteiger partial charge in [0, 0.05) is 39.9 Å². The number of nitrogens with one attached hydrogen (secondary N) is 4. The van der Waals surface area contributed by atoms with Crippen LogP contribution in [-0.2, 0) is 61.3 Å². The van der Waals surface area contributed by atoms with E-state index < -0.39 is 88.9 Å². The maximum atomic E-state index is 14.3. The standard InChI is InChI=1S/C47H69F3N6O10S/c1-12-29(4)39(55(9)43(60)38(28(2)3)53-45(62)66-46(6,7)8)36(64-10)26-37(57)56-24-16-19-35(56)40(65-11)30(5)41(58)52-34(25-31-17-14-13-15-18-31)42(59)54-67(63)27-32-20-22-33(23-21-32)51-44(61)47(48,49)50/h13-15,17-18,20-23,28-30,34-36,38-40H,12,16,19,24-27H2,1-11H3,(H,51,61)(H,52,58)(H,53,62)(H,54,59)/t29-,30-,34+,35+,36-,38+,39+,40-,67?/m1/s1. The summed E-state index contributed by atoms with van der Waals surface area (Å²) in [6, 6.07) is 10.8. The van der Waals surface area contributed by atoms with E-state index in [4.69, 9.17) is 14.2 Å². The summed E-state index contributed by atoms with van der Waals surface area (Å²) in [4.78, 5) is 83.5. The largest absolute Gasteiger partial charge is 0.471 e. The van der Waals surface area contributed by atoms with Crippen molar-refractivity contribution in [1.29, 1.82) is 0 Å². The summed E-state index contributed by atoms with van der Waals surface area (Å²) in [5.74, 6) is -5.62. The zero-order chi connectivity index (χ0) is 50.4. The second kappa shape index (κ2) is 25.3. The van der Waals surface area contributed by atoms with Crippen LogP contribution < -0.4 is 20.7 Å². The third kappa shape index (κ3) is 16.9. The van der Waals surface area contributed by atoms with E-state index in [1.807, 2.05) is 27.7 Å². The van der Waals surface area contributed by atoms with Crippen LogP contribution in [0.5, 0.6) is 0 Å². The van der Waals surface area contributed by atoms with E-state index in [1.54, 1.807) is 80.2 Å². The number of likely N-dealkylation sites (N-methyl/N-ethyl adjacent to an activating group) is 1. The van der Waals surface area contributed by atoms with Gasteiger partial charge in [0.15, 0.2) is 0 Å². The number of halogens is 3. The minimum Gasteiger partial charge on any atom is -0.444 e. The number of anilines is 1. The van der Waals surface area contributed by atoms with E-state index in [1.165, 1.54) is 38.5 Å². The van der Waals surface area contributed by atoms with Crippen molar-refractivity contribution in [3.05, 3.63) is 65.7 Å². The molecule has 0 saturated carbocycles. The van der Waals surface area contributed by atoms with Crippen LogP contribution in [0.25, 0.3) is 0 Å². The number of hydrogen-bond acceptors (Lipinski definition) is 10. The first-order valence-electron chi connectivity index (χ1n) is 22.4. The Bertz CT molecular complexity index is 2000. The summed E-state index contributed by atoms with van der Waals surface area (Å²) in [5, 5.41) is 7.25. The van der Waals surface area contributed by atoms with Gasteiger partial charge >= 0.3 is 18.2 Å². The molecular formula is C47H69F3N6O10S. The number of benzene rings is 2. The van der Waals surface area contributed by atoms with Crippen LogP contribution in [0, 0.1) is 17.8 Å². The van der Waals surface area contributed by atoms with Gasteiger partial charge in [-0.1, -0.05) is 83.5 Å². The Morgan fingerprint density at radius 3 is 2.04 bits per heavy atom. The van der Waals surface area contributed by atoms with Crippen LogP contribution in [-0.4, -0.2) is 126 Å². The molecule has 1 heterocycles. The molecule has 20 heteroatoms. The van der Waals surface area contributed by atoms with E-state index in [0.717, 1.165) is 0 Å². The molecule has 0 radical (unpaired) electrons. The first kappa shape index (κ1) is 56.2. The number of rotatable bonds is 22. The Hall–Kier alpha value is -5.08. The Kier molecular flexibility index (Phi) is 21.3. The van der Waals surface area contributed by atoms with Gasteiger partial charge in [-0.2, -0.15) is 13.2 Å². The molecule has 6 amide bonds. The normalized spacial score (nSPS) is 17.8. The number of alkyl halides is 3. The zero-order valence-electron chi connectivity index (χ0n) is 40.4. The van der Waals surface area contributed by atoms with Crippen molar-refractivity contribution in [2.45, 2.75) is 141 Å². The van der Waals surface area contributed by atoms with Gasteiger partial charge in [0.05, 0.1) is 42.4 Å². The van der Waals surface area contributed by atoms with Crippen molar-refractivity contribution in [2.75, 3.05) is 33.1 Å². The summed E-state index contributed by atoms with van der Waals surface area (Å²) in [6.07, 6.45) is -5.64. The van der Waals surface area contributed by atoms with Crippen molar-refractivity contribution < 1.29 is 60.4 Å². The fourth-order valence-corrected chi connectivity index (χ4v) is 9.03. The summed E-state index contributed by atoms with van der Waals surface area (Å²) in [6.45, 7) is 14.8. The molecule has 1 unspecified atom stereocenters. The van der Waals surface area contributed by atoms with Crippen molar-refractivity contribution in [1.82, 2.24) is 25.2 Å². The highest BCUT2D eigenvalue weighted by atomic mass is 32.2. The van der Waals surface area contributed by atoms with E-state index in [2.05, 4.69) is 15.4 Å². The van der Waals surface area contributed by atoms with Crippen LogP contribution >= 0.6 is 0 Å².